The number of aryl methyl sites for hydroxylation is 4. The summed E-state index contributed by atoms with van der Waals surface area (Å²) < 4.78 is 40.0. The summed E-state index contributed by atoms with van der Waals surface area (Å²) in [5, 5.41) is 0. The fourth-order valence-corrected chi connectivity index (χ4v) is 8.29. The third-order valence-corrected chi connectivity index (χ3v) is 12.2. The van der Waals surface area contributed by atoms with E-state index in [-0.39, 0.29) is 0 Å². The number of aromatic nitrogens is 4. The predicted molar refractivity (Wildman–Crippen MR) is 227 cm³/mol. The van der Waals surface area contributed by atoms with Crippen LogP contribution in [0.3, 0.4) is 0 Å². The first-order chi connectivity index (χ1) is 25.9. The molecule has 0 saturated heterocycles. The Bertz CT molecular complexity index is 2110. The smallest absolute Gasteiger partial charge is 0.281 e. The standard InChI is InChI=1S/C40H46N6S2.CH4O4S/c1-41(33-21-15-31(16-22-33)19-25-39-43(3)35-11-7-8-12-36(35)44(39)4)27-29-47-48-30-28-42(2)34-23-17-32(18-24-34)20-26-40-45(5)37-13-9-10-14-38(37)46(40)6;1-5-6(2,3)4/h7-26H,27-30H2,1-6H3;1H3,(H,2,3,4)/q+2;/p-1. The molecule has 0 aliphatic rings. The minimum Gasteiger partial charge on any atom is -0.726 e. The van der Waals surface area contributed by atoms with Gasteiger partial charge < -0.3 is 14.4 Å². The van der Waals surface area contributed by atoms with Gasteiger partial charge in [0.1, 0.15) is 0 Å². The van der Waals surface area contributed by atoms with E-state index in [1.54, 1.807) is 0 Å². The SMILES string of the molecule is CN(CCSSCCN(C)c1ccc(/C=C/c2n(C)c3ccccc3[n+]2C)cc1)c1ccc(/C=C/c2n(C)c3ccccc3[n+]2C)cc1.COS(=O)(=O)[O-]. The second-order valence-corrected chi connectivity index (χ2v) is 16.7. The molecule has 0 amide bonds. The van der Waals surface area contributed by atoms with Crippen LogP contribution in [0.15, 0.2) is 97.1 Å². The molecule has 0 radical (unpaired) electrons. The van der Waals surface area contributed by atoms with Gasteiger partial charge in [-0.3, -0.25) is 4.18 Å². The van der Waals surface area contributed by atoms with Crippen molar-refractivity contribution in [2.45, 2.75) is 0 Å². The molecular formula is C41H49N6O4S3+. The van der Waals surface area contributed by atoms with Crippen LogP contribution >= 0.6 is 21.6 Å². The first-order valence-electron chi connectivity index (χ1n) is 17.5. The van der Waals surface area contributed by atoms with Gasteiger partial charge >= 0.3 is 0 Å². The first-order valence-corrected chi connectivity index (χ1v) is 21.3. The van der Waals surface area contributed by atoms with E-state index in [0.717, 1.165) is 31.7 Å². The molecular weight excluding hydrogens is 737 g/mol. The Morgan fingerprint density at radius 1 is 0.648 bits per heavy atom. The van der Waals surface area contributed by atoms with Crippen molar-refractivity contribution in [2.75, 3.05) is 55.6 Å². The molecule has 13 heteroatoms. The zero-order valence-electron chi connectivity index (χ0n) is 31.9. The summed E-state index contributed by atoms with van der Waals surface area (Å²) in [6.07, 6.45) is 8.79. The summed E-state index contributed by atoms with van der Waals surface area (Å²) in [7, 11) is 13.2. The third kappa shape index (κ3) is 10.4. The van der Waals surface area contributed by atoms with Gasteiger partial charge in [0.05, 0.1) is 35.3 Å². The maximum absolute atomic E-state index is 9.22. The van der Waals surface area contributed by atoms with Crippen molar-refractivity contribution in [3.05, 3.63) is 120 Å². The van der Waals surface area contributed by atoms with E-state index in [2.05, 4.69) is 196 Å². The number of para-hydroxylation sites is 4. The van der Waals surface area contributed by atoms with E-state index in [4.69, 9.17) is 0 Å². The highest BCUT2D eigenvalue weighted by molar-refractivity contribution is 8.76. The Morgan fingerprint density at radius 3 is 1.33 bits per heavy atom. The second-order valence-electron chi connectivity index (χ2n) is 12.8. The van der Waals surface area contributed by atoms with Crippen molar-refractivity contribution < 1.29 is 26.3 Å². The van der Waals surface area contributed by atoms with Crippen molar-refractivity contribution in [3.8, 4) is 0 Å². The average molecular weight is 786 g/mol. The number of benzene rings is 4. The van der Waals surface area contributed by atoms with Crippen LogP contribution in [0, 0.1) is 0 Å². The van der Waals surface area contributed by atoms with Crippen LogP contribution in [-0.4, -0.2) is 67.9 Å². The van der Waals surface area contributed by atoms with Gasteiger partial charge in [0.25, 0.3) is 11.6 Å². The Balaban J connectivity index is 0.000000864. The summed E-state index contributed by atoms with van der Waals surface area (Å²) in [5.74, 6) is 4.51. The number of imidazole rings is 2. The molecule has 4 aromatic carbocycles. The Hall–Kier alpha value is -4.53. The van der Waals surface area contributed by atoms with Crippen LogP contribution in [0.5, 0.6) is 0 Å². The summed E-state index contributed by atoms with van der Waals surface area (Å²) in [6.45, 7) is 2.03. The van der Waals surface area contributed by atoms with Crippen LogP contribution in [-0.2, 0) is 42.8 Å². The number of nitrogens with zero attached hydrogens (tertiary/aromatic N) is 6. The lowest BCUT2D eigenvalue weighted by Gasteiger charge is -2.20. The van der Waals surface area contributed by atoms with Crippen LogP contribution in [0.1, 0.15) is 22.8 Å². The van der Waals surface area contributed by atoms with E-state index in [1.807, 2.05) is 21.6 Å². The maximum Gasteiger partial charge on any atom is 0.281 e. The van der Waals surface area contributed by atoms with Gasteiger partial charge in [-0.1, -0.05) is 70.1 Å². The Labute approximate surface area is 327 Å². The van der Waals surface area contributed by atoms with Gasteiger partial charge in [-0.25, -0.2) is 26.7 Å². The zero-order valence-corrected chi connectivity index (χ0v) is 34.4. The van der Waals surface area contributed by atoms with Gasteiger partial charge in [-0.15, -0.1) is 0 Å². The third-order valence-electron chi connectivity index (χ3n) is 9.41. The van der Waals surface area contributed by atoms with E-state index in [0.29, 0.717) is 0 Å². The molecule has 0 bridgehead atoms. The van der Waals surface area contributed by atoms with Gasteiger partial charge in [0, 0.05) is 62.2 Å². The van der Waals surface area contributed by atoms with E-state index in [9.17, 15) is 13.0 Å². The predicted octanol–water partition coefficient (Wildman–Crippen LogP) is 6.71. The molecule has 0 atom stereocenters. The van der Waals surface area contributed by atoms with Gasteiger partial charge in [0.2, 0.25) is 10.4 Å². The fraction of sp³-hybridized carbons (Fsp3) is 0.268. The average Bonchev–Trinajstić information content (AvgIpc) is 3.57. The molecule has 0 N–H and O–H groups in total. The molecule has 10 nitrogen and oxygen atoms in total. The lowest BCUT2D eigenvalue weighted by Crippen LogP contribution is -2.30. The van der Waals surface area contributed by atoms with E-state index < -0.39 is 10.4 Å². The second kappa shape index (κ2) is 18.7. The molecule has 0 fully saturated rings. The normalized spacial score (nSPS) is 11.9. The Morgan fingerprint density at radius 2 is 1.00 bits per heavy atom. The topological polar surface area (TPSA) is 90.5 Å². The monoisotopic (exact) mass is 785 g/mol. The number of fused-ring (bicyclic) bond motifs is 2. The molecule has 0 saturated carbocycles. The molecule has 6 rings (SSSR count). The molecule has 0 unspecified atom stereocenters. The van der Waals surface area contributed by atoms with Gasteiger partial charge in [-0.05, 0) is 71.8 Å². The van der Waals surface area contributed by atoms with Gasteiger partial charge in [-0.2, -0.15) is 0 Å². The molecule has 0 aliphatic heterocycles. The number of hydrogen-bond donors (Lipinski definition) is 0. The minimum absolute atomic E-state index is 0.808. The molecule has 284 valence electrons. The molecule has 54 heavy (non-hydrogen) atoms. The molecule has 0 aliphatic carbocycles. The highest BCUT2D eigenvalue weighted by Gasteiger charge is 2.18. The summed E-state index contributed by atoms with van der Waals surface area (Å²) >= 11 is 0. The molecule has 6 aromatic rings. The highest BCUT2D eigenvalue weighted by Crippen LogP contribution is 2.24. The quantitative estimate of drug-likeness (QED) is 0.0396. The van der Waals surface area contributed by atoms with E-state index >= 15 is 0 Å². The maximum atomic E-state index is 9.22. The summed E-state index contributed by atoms with van der Waals surface area (Å²) in [4.78, 5) is 4.68. The van der Waals surface area contributed by atoms with Crippen molar-refractivity contribution in [1.29, 1.82) is 0 Å². The van der Waals surface area contributed by atoms with Crippen LogP contribution in [0.25, 0.3) is 46.4 Å². The van der Waals surface area contributed by atoms with Crippen LogP contribution in [0.2, 0.25) is 0 Å². The number of hydrogen-bond acceptors (Lipinski definition) is 8. The van der Waals surface area contributed by atoms with E-state index in [1.165, 1.54) is 56.2 Å². The van der Waals surface area contributed by atoms with Crippen LogP contribution < -0.4 is 18.9 Å². The largest absolute Gasteiger partial charge is 0.726 e. The zero-order chi connectivity index (χ0) is 38.8. The summed E-state index contributed by atoms with van der Waals surface area (Å²) in [5.41, 5.74) is 9.85. The summed E-state index contributed by atoms with van der Waals surface area (Å²) in [6, 6.07) is 34.7. The van der Waals surface area contributed by atoms with Crippen molar-refractivity contribution in [2.24, 2.45) is 28.2 Å². The first kappa shape index (κ1) is 40.7. The lowest BCUT2D eigenvalue weighted by atomic mass is 10.2. The fourth-order valence-electron chi connectivity index (χ4n) is 6.20. The van der Waals surface area contributed by atoms with Crippen molar-refractivity contribution >= 4 is 89.7 Å². The van der Waals surface area contributed by atoms with Crippen molar-refractivity contribution in [3.63, 3.8) is 0 Å². The number of rotatable bonds is 14. The molecule has 2 heterocycles. The molecule has 0 spiro atoms. The minimum atomic E-state index is -4.41. The molecule has 2 aromatic heterocycles. The van der Waals surface area contributed by atoms with Gasteiger partial charge in [0.15, 0.2) is 22.1 Å². The van der Waals surface area contributed by atoms with Crippen molar-refractivity contribution in [1.82, 2.24) is 9.13 Å². The van der Waals surface area contributed by atoms with Crippen LogP contribution in [0.4, 0.5) is 11.4 Å². The highest BCUT2D eigenvalue weighted by atomic mass is 33.1. The lowest BCUT2D eigenvalue weighted by molar-refractivity contribution is -0.647. The number of anilines is 2. The Kier molecular flexibility index (Phi) is 14.1.